The van der Waals surface area contributed by atoms with Gasteiger partial charge in [0.15, 0.2) is 12.4 Å². The van der Waals surface area contributed by atoms with Gasteiger partial charge in [0, 0.05) is 0 Å². The van der Waals surface area contributed by atoms with Gasteiger partial charge in [0.05, 0.1) is 6.61 Å². The number of hydrogen-bond donors (Lipinski definition) is 4. The maximum Gasteiger partial charge on any atom is 0.323 e. The van der Waals surface area contributed by atoms with Crippen LogP contribution in [0.3, 0.4) is 0 Å². The van der Waals surface area contributed by atoms with E-state index < -0.39 is 37.2 Å². The summed E-state index contributed by atoms with van der Waals surface area (Å²) in [6.45, 7) is 0.333. The minimum Gasteiger partial charge on any atom is -0.455 e. The lowest BCUT2D eigenvalue weighted by atomic mass is 10.1. The van der Waals surface area contributed by atoms with Gasteiger partial charge in [-0.05, 0) is 19.4 Å². The Kier molecular flexibility index (Phi) is 3.95. The number of carbonyl (C=O) groups is 1. The molecule has 0 amide bonds. The van der Waals surface area contributed by atoms with E-state index in [-0.39, 0.29) is 6.04 Å². The predicted octanol–water partition coefficient (Wildman–Crippen LogP) is -2.28. The highest BCUT2D eigenvalue weighted by atomic mass is 16.7. The van der Waals surface area contributed by atoms with E-state index in [0.717, 1.165) is 13.0 Å². The van der Waals surface area contributed by atoms with Gasteiger partial charge >= 0.3 is 5.97 Å². The first-order valence-electron chi connectivity index (χ1n) is 5.70. The van der Waals surface area contributed by atoms with E-state index >= 15 is 0 Å². The van der Waals surface area contributed by atoms with Crippen LogP contribution in [0.15, 0.2) is 0 Å². The number of rotatable bonds is 3. The molecule has 0 saturated carbocycles. The normalized spacial score (nSPS) is 41.7. The molecule has 0 aliphatic carbocycles. The van der Waals surface area contributed by atoms with Gasteiger partial charge in [-0.15, -0.1) is 0 Å². The van der Waals surface area contributed by atoms with Crippen LogP contribution in [-0.2, 0) is 14.3 Å². The summed E-state index contributed by atoms with van der Waals surface area (Å²) in [6.07, 6.45) is -3.07. The third-order valence-electron chi connectivity index (χ3n) is 3.09. The van der Waals surface area contributed by atoms with Gasteiger partial charge in [-0.1, -0.05) is 0 Å². The van der Waals surface area contributed by atoms with Crippen LogP contribution in [0.4, 0.5) is 0 Å². The molecule has 17 heavy (non-hydrogen) atoms. The van der Waals surface area contributed by atoms with Gasteiger partial charge in [-0.25, -0.2) is 0 Å². The molecule has 2 saturated heterocycles. The fraction of sp³-hybridized carbons (Fsp3) is 0.900. The minimum absolute atomic E-state index is 0.376. The van der Waals surface area contributed by atoms with Gasteiger partial charge in [-0.3, -0.25) is 4.79 Å². The zero-order valence-electron chi connectivity index (χ0n) is 9.28. The zero-order valence-corrected chi connectivity index (χ0v) is 9.28. The van der Waals surface area contributed by atoms with Crippen LogP contribution in [-0.4, -0.2) is 65.1 Å². The van der Waals surface area contributed by atoms with Crippen molar-refractivity contribution in [3.63, 3.8) is 0 Å². The fourth-order valence-corrected chi connectivity index (χ4v) is 2.11. The number of ether oxygens (including phenoxy) is 2. The molecule has 98 valence electrons. The molecule has 5 atom stereocenters. The maximum absolute atomic E-state index is 11.7. The lowest BCUT2D eigenvalue weighted by molar-refractivity contribution is -0.158. The zero-order chi connectivity index (χ0) is 12.4. The summed E-state index contributed by atoms with van der Waals surface area (Å²) in [4.78, 5) is 11.7. The van der Waals surface area contributed by atoms with Crippen LogP contribution < -0.4 is 5.32 Å². The van der Waals surface area contributed by atoms with Gasteiger partial charge < -0.3 is 30.1 Å². The Morgan fingerprint density at radius 2 is 2.24 bits per heavy atom. The molecule has 2 heterocycles. The second kappa shape index (κ2) is 5.28. The van der Waals surface area contributed by atoms with Crippen LogP contribution in [0.25, 0.3) is 0 Å². The summed E-state index contributed by atoms with van der Waals surface area (Å²) in [6, 6.07) is -0.376. The smallest absolute Gasteiger partial charge is 0.323 e. The average Bonchev–Trinajstić information content (AvgIpc) is 2.92. The summed E-state index contributed by atoms with van der Waals surface area (Å²) in [7, 11) is 0. The van der Waals surface area contributed by atoms with E-state index in [4.69, 9.17) is 14.6 Å². The Hall–Kier alpha value is -0.730. The number of esters is 1. The van der Waals surface area contributed by atoms with Crippen molar-refractivity contribution < 1.29 is 29.6 Å². The largest absolute Gasteiger partial charge is 0.455 e. The van der Waals surface area contributed by atoms with Crippen LogP contribution >= 0.6 is 0 Å². The van der Waals surface area contributed by atoms with E-state index in [0.29, 0.717) is 6.42 Å². The SMILES string of the molecule is O=C(O[C@@H]1[C@@H](CO)OC(O)[C@@H]1O)[C@@H]1CCCN1. The predicted molar refractivity (Wildman–Crippen MR) is 54.9 cm³/mol. The van der Waals surface area contributed by atoms with E-state index in [2.05, 4.69) is 5.32 Å². The first kappa shape index (κ1) is 12.7. The van der Waals surface area contributed by atoms with Crippen molar-refractivity contribution in [1.29, 1.82) is 0 Å². The molecular weight excluding hydrogens is 230 g/mol. The molecule has 0 aromatic heterocycles. The molecule has 4 N–H and O–H groups in total. The summed E-state index contributed by atoms with van der Waals surface area (Å²) in [5.74, 6) is -0.484. The molecule has 7 nitrogen and oxygen atoms in total. The summed E-state index contributed by atoms with van der Waals surface area (Å²) < 4.78 is 9.94. The van der Waals surface area contributed by atoms with Gasteiger partial charge in [0.25, 0.3) is 0 Å². The van der Waals surface area contributed by atoms with Gasteiger partial charge in [-0.2, -0.15) is 0 Å². The third-order valence-corrected chi connectivity index (χ3v) is 3.09. The Labute approximate surface area is 98.3 Å². The maximum atomic E-state index is 11.7. The molecule has 2 aliphatic rings. The van der Waals surface area contributed by atoms with E-state index in [9.17, 15) is 15.0 Å². The van der Waals surface area contributed by atoms with Crippen molar-refractivity contribution >= 4 is 5.97 Å². The molecule has 7 heteroatoms. The van der Waals surface area contributed by atoms with Crippen molar-refractivity contribution in [3.05, 3.63) is 0 Å². The quantitative estimate of drug-likeness (QED) is 0.416. The van der Waals surface area contributed by atoms with Crippen LogP contribution in [0, 0.1) is 0 Å². The van der Waals surface area contributed by atoms with Crippen molar-refractivity contribution in [2.24, 2.45) is 0 Å². The first-order valence-corrected chi connectivity index (χ1v) is 5.70. The molecule has 0 aromatic carbocycles. The Bertz CT molecular complexity index is 280. The summed E-state index contributed by atoms with van der Waals surface area (Å²) in [5, 5.41) is 30.8. The van der Waals surface area contributed by atoms with Crippen LogP contribution in [0.1, 0.15) is 12.8 Å². The average molecular weight is 247 g/mol. The molecule has 2 rings (SSSR count). The standard InChI is InChI=1S/C10H17NO6/c12-4-6-8(7(13)10(15)16-6)17-9(14)5-2-1-3-11-5/h5-8,10-13,15H,1-4H2/t5-,6+,7+,8+,10?/m0/s1. The van der Waals surface area contributed by atoms with Crippen LogP contribution in [0.2, 0.25) is 0 Å². The van der Waals surface area contributed by atoms with Gasteiger partial charge in [0.1, 0.15) is 18.2 Å². The second-order valence-electron chi connectivity index (χ2n) is 4.29. The highest BCUT2D eigenvalue weighted by Crippen LogP contribution is 2.23. The number of aliphatic hydroxyl groups excluding tert-OH is 3. The number of aliphatic hydroxyl groups is 3. The lowest BCUT2D eigenvalue weighted by Gasteiger charge is -2.21. The molecule has 0 spiro atoms. The van der Waals surface area contributed by atoms with Crippen molar-refractivity contribution in [1.82, 2.24) is 5.32 Å². The second-order valence-corrected chi connectivity index (χ2v) is 4.29. The molecule has 2 aliphatic heterocycles. The molecule has 0 radical (unpaired) electrons. The third kappa shape index (κ3) is 2.58. The van der Waals surface area contributed by atoms with Crippen molar-refractivity contribution in [2.45, 2.75) is 43.5 Å². The molecule has 0 bridgehead atoms. The number of hydrogen-bond acceptors (Lipinski definition) is 7. The monoisotopic (exact) mass is 247 g/mol. The molecule has 0 aromatic rings. The Morgan fingerprint density at radius 3 is 2.82 bits per heavy atom. The molecule has 2 fully saturated rings. The van der Waals surface area contributed by atoms with Crippen molar-refractivity contribution in [2.75, 3.05) is 13.2 Å². The van der Waals surface area contributed by atoms with Gasteiger partial charge in [0.2, 0.25) is 0 Å². The Morgan fingerprint density at radius 1 is 1.47 bits per heavy atom. The first-order chi connectivity index (χ1) is 8.13. The number of carbonyl (C=O) groups excluding carboxylic acids is 1. The summed E-state index contributed by atoms with van der Waals surface area (Å²) in [5.41, 5.74) is 0. The minimum atomic E-state index is -1.43. The van der Waals surface area contributed by atoms with Crippen molar-refractivity contribution in [3.8, 4) is 0 Å². The summed E-state index contributed by atoms with van der Waals surface area (Å²) >= 11 is 0. The van der Waals surface area contributed by atoms with E-state index in [1.54, 1.807) is 0 Å². The fourth-order valence-electron chi connectivity index (χ4n) is 2.11. The number of nitrogens with one attached hydrogen (secondary N) is 1. The molecular formula is C10H17NO6. The topological polar surface area (TPSA) is 108 Å². The Balaban J connectivity index is 1.94. The van der Waals surface area contributed by atoms with E-state index in [1.807, 2.05) is 0 Å². The highest BCUT2D eigenvalue weighted by Gasteiger charge is 2.46. The van der Waals surface area contributed by atoms with Crippen LogP contribution in [0.5, 0.6) is 0 Å². The highest BCUT2D eigenvalue weighted by molar-refractivity contribution is 5.76. The lowest BCUT2D eigenvalue weighted by Crippen LogP contribution is -2.43. The molecule has 1 unspecified atom stereocenters. The van der Waals surface area contributed by atoms with E-state index in [1.165, 1.54) is 0 Å².